The number of pyridine rings is 1. The Bertz CT molecular complexity index is 631. The van der Waals surface area contributed by atoms with Crippen molar-refractivity contribution in [2.75, 3.05) is 7.05 Å². The Morgan fingerprint density at radius 1 is 1.29 bits per heavy atom. The highest BCUT2D eigenvalue weighted by Crippen LogP contribution is 2.28. The maximum Gasteiger partial charge on any atom is 0.219 e. The summed E-state index contributed by atoms with van der Waals surface area (Å²) in [6.07, 6.45) is 0. The zero-order chi connectivity index (χ0) is 15.6. The van der Waals surface area contributed by atoms with E-state index in [1.165, 1.54) is 5.56 Å². The molecule has 0 saturated heterocycles. The number of hydrogen-bond donors (Lipinski definition) is 1. The van der Waals surface area contributed by atoms with Crippen molar-refractivity contribution in [3.8, 4) is 11.6 Å². The predicted octanol–water partition coefficient (Wildman–Crippen LogP) is 3.07. The Morgan fingerprint density at radius 3 is 2.52 bits per heavy atom. The Morgan fingerprint density at radius 2 is 2.00 bits per heavy atom. The van der Waals surface area contributed by atoms with Crippen LogP contribution in [0.2, 0.25) is 0 Å². The van der Waals surface area contributed by atoms with Crippen LogP contribution in [-0.2, 0) is 13.6 Å². The molecule has 0 radical (unpaired) electrons. The smallest absolute Gasteiger partial charge is 0.219 e. The maximum absolute atomic E-state index is 6.02. The summed E-state index contributed by atoms with van der Waals surface area (Å²) in [5.74, 6) is 1.78. The lowest BCUT2D eigenvalue weighted by Gasteiger charge is -2.12. The Hall–Kier alpha value is -1.88. The highest BCUT2D eigenvalue weighted by Gasteiger charge is 2.14. The molecule has 0 aliphatic rings. The van der Waals surface area contributed by atoms with Gasteiger partial charge in [-0.25, -0.2) is 4.98 Å². The van der Waals surface area contributed by atoms with E-state index in [4.69, 9.17) is 4.74 Å². The van der Waals surface area contributed by atoms with Crippen LogP contribution < -0.4 is 10.1 Å². The van der Waals surface area contributed by atoms with Crippen molar-refractivity contribution in [2.24, 2.45) is 7.05 Å². The molecule has 1 N–H and O–H groups in total. The molecule has 0 aliphatic carbocycles. The number of aromatic nitrogens is 3. The van der Waals surface area contributed by atoms with Crippen LogP contribution >= 0.6 is 0 Å². The van der Waals surface area contributed by atoms with Crippen LogP contribution in [0.5, 0.6) is 11.6 Å². The van der Waals surface area contributed by atoms with Crippen molar-refractivity contribution < 1.29 is 4.74 Å². The van der Waals surface area contributed by atoms with E-state index in [0.717, 1.165) is 29.4 Å². The molecular weight excluding hydrogens is 264 g/mol. The van der Waals surface area contributed by atoms with Gasteiger partial charge in [0.05, 0.1) is 5.69 Å². The van der Waals surface area contributed by atoms with E-state index in [1.54, 1.807) is 0 Å². The van der Waals surface area contributed by atoms with E-state index in [-0.39, 0.29) is 0 Å². The number of aryl methyl sites for hydroxylation is 2. The van der Waals surface area contributed by atoms with Crippen molar-refractivity contribution >= 4 is 0 Å². The molecular formula is C16H24N4O. The Labute approximate surface area is 126 Å². The zero-order valence-corrected chi connectivity index (χ0v) is 13.7. The first-order valence-electron chi connectivity index (χ1n) is 7.26. The lowest BCUT2D eigenvalue weighted by Crippen LogP contribution is -2.07. The zero-order valence-electron chi connectivity index (χ0n) is 13.7. The van der Waals surface area contributed by atoms with Gasteiger partial charge in [0.25, 0.3) is 0 Å². The summed E-state index contributed by atoms with van der Waals surface area (Å²) in [5.41, 5.74) is 4.09. The van der Waals surface area contributed by atoms with Gasteiger partial charge < -0.3 is 10.1 Å². The van der Waals surface area contributed by atoms with Gasteiger partial charge in [-0.05, 0) is 38.4 Å². The van der Waals surface area contributed by atoms with Crippen LogP contribution in [0.4, 0.5) is 0 Å². The molecule has 21 heavy (non-hydrogen) atoms. The first kappa shape index (κ1) is 15.5. The van der Waals surface area contributed by atoms with Gasteiger partial charge >= 0.3 is 0 Å². The van der Waals surface area contributed by atoms with Gasteiger partial charge in [0.15, 0.2) is 5.75 Å². The minimum Gasteiger partial charge on any atom is -0.435 e. The molecule has 0 spiro atoms. The molecule has 5 nitrogen and oxygen atoms in total. The van der Waals surface area contributed by atoms with Gasteiger partial charge in [-0.15, -0.1) is 0 Å². The monoisotopic (exact) mass is 288 g/mol. The third-order valence-corrected chi connectivity index (χ3v) is 3.50. The lowest BCUT2D eigenvalue weighted by molar-refractivity contribution is 0.451. The second-order valence-corrected chi connectivity index (χ2v) is 5.65. The van der Waals surface area contributed by atoms with E-state index in [1.807, 2.05) is 38.7 Å². The van der Waals surface area contributed by atoms with E-state index < -0.39 is 0 Å². The fourth-order valence-electron chi connectivity index (χ4n) is 2.24. The third-order valence-electron chi connectivity index (χ3n) is 3.50. The lowest BCUT2D eigenvalue weighted by atomic mass is 10.1. The summed E-state index contributed by atoms with van der Waals surface area (Å²) < 4.78 is 7.84. The highest BCUT2D eigenvalue weighted by molar-refractivity contribution is 5.37. The molecule has 2 heterocycles. The number of nitrogens with zero attached hydrogens (tertiary/aromatic N) is 3. The molecule has 0 amide bonds. The summed E-state index contributed by atoms with van der Waals surface area (Å²) in [7, 11) is 3.85. The summed E-state index contributed by atoms with van der Waals surface area (Å²) in [6.45, 7) is 9.01. The molecule has 2 rings (SSSR count). The minimum atomic E-state index is 0.361. The number of nitrogens with one attached hydrogen (secondary N) is 1. The standard InChI is InChI=1S/C16H24N4O/c1-10(2)14-7-13(9-17-5)8-15(18-14)21-16-11(3)19-20(6)12(16)4/h7-8,10,17H,9H2,1-6H3. The summed E-state index contributed by atoms with van der Waals surface area (Å²) >= 11 is 0. The van der Waals surface area contributed by atoms with Gasteiger partial charge in [0, 0.05) is 25.4 Å². The van der Waals surface area contributed by atoms with Crippen LogP contribution in [0, 0.1) is 13.8 Å². The molecule has 0 aliphatic heterocycles. The molecule has 5 heteroatoms. The maximum atomic E-state index is 6.02. The molecule has 114 valence electrons. The third kappa shape index (κ3) is 3.42. The molecule has 0 unspecified atom stereocenters. The van der Waals surface area contributed by atoms with E-state index in [2.05, 4.69) is 35.3 Å². The molecule has 2 aromatic rings. The molecule has 0 atom stereocenters. The normalized spacial score (nSPS) is 11.2. The quantitative estimate of drug-likeness (QED) is 0.918. The summed E-state index contributed by atoms with van der Waals surface area (Å²) in [5, 5.41) is 7.54. The van der Waals surface area contributed by atoms with Crippen LogP contribution in [0.3, 0.4) is 0 Å². The van der Waals surface area contributed by atoms with Gasteiger partial charge in [-0.1, -0.05) is 13.8 Å². The molecule has 0 saturated carbocycles. The number of rotatable bonds is 5. The Kier molecular flexibility index (Phi) is 4.63. The van der Waals surface area contributed by atoms with Crippen molar-refractivity contribution in [2.45, 2.75) is 40.2 Å². The topological polar surface area (TPSA) is 52.0 Å². The molecule has 2 aromatic heterocycles. The van der Waals surface area contributed by atoms with Crippen LogP contribution in [-0.4, -0.2) is 21.8 Å². The molecule has 0 fully saturated rings. The van der Waals surface area contributed by atoms with Crippen molar-refractivity contribution in [1.82, 2.24) is 20.1 Å². The second-order valence-electron chi connectivity index (χ2n) is 5.65. The number of ether oxygens (including phenoxy) is 1. The minimum absolute atomic E-state index is 0.361. The van der Waals surface area contributed by atoms with Gasteiger partial charge in [-0.3, -0.25) is 4.68 Å². The average Bonchev–Trinajstić information content (AvgIpc) is 2.65. The first-order valence-corrected chi connectivity index (χ1v) is 7.26. The molecule has 0 aromatic carbocycles. The largest absolute Gasteiger partial charge is 0.435 e. The summed E-state index contributed by atoms with van der Waals surface area (Å²) in [6, 6.07) is 4.10. The fraction of sp³-hybridized carbons (Fsp3) is 0.500. The number of hydrogen-bond acceptors (Lipinski definition) is 4. The van der Waals surface area contributed by atoms with Crippen LogP contribution in [0.25, 0.3) is 0 Å². The second kappa shape index (κ2) is 6.26. The molecule has 0 bridgehead atoms. The highest BCUT2D eigenvalue weighted by atomic mass is 16.5. The predicted molar refractivity (Wildman–Crippen MR) is 83.8 cm³/mol. The van der Waals surface area contributed by atoms with Crippen LogP contribution in [0.1, 0.15) is 42.4 Å². The van der Waals surface area contributed by atoms with E-state index in [9.17, 15) is 0 Å². The van der Waals surface area contributed by atoms with Crippen molar-refractivity contribution in [1.29, 1.82) is 0 Å². The summed E-state index contributed by atoms with van der Waals surface area (Å²) in [4.78, 5) is 4.61. The van der Waals surface area contributed by atoms with E-state index in [0.29, 0.717) is 11.8 Å². The van der Waals surface area contributed by atoms with Crippen molar-refractivity contribution in [3.05, 3.63) is 34.8 Å². The van der Waals surface area contributed by atoms with Gasteiger partial charge in [0.2, 0.25) is 5.88 Å². The first-order chi connectivity index (χ1) is 9.92. The fourth-order valence-corrected chi connectivity index (χ4v) is 2.24. The van der Waals surface area contributed by atoms with Crippen LogP contribution in [0.15, 0.2) is 12.1 Å². The average molecular weight is 288 g/mol. The van der Waals surface area contributed by atoms with Gasteiger partial charge in [0.1, 0.15) is 5.69 Å². The Balaban J connectivity index is 2.38. The van der Waals surface area contributed by atoms with Gasteiger partial charge in [-0.2, -0.15) is 5.10 Å². The SMILES string of the molecule is CNCc1cc(Oc2c(C)nn(C)c2C)nc(C(C)C)c1. The van der Waals surface area contributed by atoms with E-state index >= 15 is 0 Å². The van der Waals surface area contributed by atoms with Crippen molar-refractivity contribution in [3.63, 3.8) is 0 Å².